The molecule has 0 bridgehead atoms. The SMILES string of the molecule is CCOP(=O)(OCC)c1ccc2c(c1)CC[C@@]2(N[C@H](CO)c1ccccc1)C(=O)OC. The summed E-state index contributed by atoms with van der Waals surface area (Å²) in [4.78, 5) is 13.0. The van der Waals surface area contributed by atoms with Gasteiger partial charge in [-0.05, 0) is 55.5 Å². The highest BCUT2D eigenvalue weighted by Gasteiger charge is 2.48. The first kappa shape index (κ1) is 23.6. The van der Waals surface area contributed by atoms with E-state index in [9.17, 15) is 14.5 Å². The molecule has 0 radical (unpaired) electrons. The third-order valence-corrected chi connectivity index (χ3v) is 7.68. The van der Waals surface area contributed by atoms with Gasteiger partial charge in [-0.25, -0.2) is 4.79 Å². The fourth-order valence-electron chi connectivity index (χ4n) is 4.17. The fraction of sp³-hybridized carbons (Fsp3) is 0.435. The molecule has 168 valence electrons. The highest BCUT2D eigenvalue weighted by atomic mass is 31.2. The molecule has 0 saturated carbocycles. The van der Waals surface area contributed by atoms with Crippen molar-refractivity contribution in [3.63, 3.8) is 0 Å². The molecule has 2 aromatic carbocycles. The standard InChI is InChI=1S/C23H30NO6P/c1-4-29-31(27,30-5-2)19-11-12-20-18(15-19)13-14-23(20,22(26)28-3)24-21(16-25)17-9-7-6-8-10-17/h6-12,15,21,24-25H,4-5,13-14,16H2,1-3H3/t21-,23+/m1/s1. The molecule has 31 heavy (non-hydrogen) atoms. The quantitative estimate of drug-likeness (QED) is 0.427. The van der Waals surface area contributed by atoms with Crippen LogP contribution in [0, 0.1) is 0 Å². The van der Waals surface area contributed by atoms with E-state index >= 15 is 0 Å². The van der Waals surface area contributed by atoms with E-state index in [4.69, 9.17) is 13.8 Å². The summed E-state index contributed by atoms with van der Waals surface area (Å²) in [6.07, 6.45) is 1.03. The second-order valence-electron chi connectivity index (χ2n) is 7.36. The van der Waals surface area contributed by atoms with Crippen LogP contribution in [-0.2, 0) is 35.1 Å². The summed E-state index contributed by atoms with van der Waals surface area (Å²) >= 11 is 0. The molecular formula is C23H30NO6P. The average Bonchev–Trinajstić information content (AvgIpc) is 3.16. The lowest BCUT2D eigenvalue weighted by atomic mass is 9.89. The Balaban J connectivity index is 2.02. The van der Waals surface area contributed by atoms with E-state index in [-0.39, 0.29) is 19.8 Å². The first-order chi connectivity index (χ1) is 14.9. The summed E-state index contributed by atoms with van der Waals surface area (Å²) in [7, 11) is -2.08. The summed E-state index contributed by atoms with van der Waals surface area (Å²) in [5, 5.41) is 13.9. The number of hydrogen-bond acceptors (Lipinski definition) is 7. The zero-order valence-corrected chi connectivity index (χ0v) is 19.1. The number of ether oxygens (including phenoxy) is 1. The number of rotatable bonds is 10. The van der Waals surface area contributed by atoms with Gasteiger partial charge in [0.1, 0.15) is 5.54 Å². The number of hydrogen-bond donors (Lipinski definition) is 2. The molecule has 1 aliphatic carbocycles. The molecule has 2 atom stereocenters. The molecule has 0 amide bonds. The monoisotopic (exact) mass is 447 g/mol. The number of aliphatic hydroxyl groups excluding tert-OH is 1. The van der Waals surface area contributed by atoms with Crippen LogP contribution in [0.5, 0.6) is 0 Å². The van der Waals surface area contributed by atoms with E-state index in [0.29, 0.717) is 18.1 Å². The van der Waals surface area contributed by atoms with Crippen molar-refractivity contribution in [1.82, 2.24) is 5.32 Å². The maximum atomic E-state index is 13.2. The van der Waals surface area contributed by atoms with Crippen molar-refractivity contribution in [1.29, 1.82) is 0 Å². The lowest BCUT2D eigenvalue weighted by Crippen LogP contribution is -2.50. The molecule has 0 heterocycles. The van der Waals surface area contributed by atoms with Crippen molar-refractivity contribution < 1.29 is 28.3 Å². The van der Waals surface area contributed by atoms with Gasteiger partial charge in [0.05, 0.1) is 38.3 Å². The van der Waals surface area contributed by atoms with Crippen LogP contribution in [0.3, 0.4) is 0 Å². The van der Waals surface area contributed by atoms with Crippen LogP contribution in [0.4, 0.5) is 0 Å². The van der Waals surface area contributed by atoms with Crippen molar-refractivity contribution in [2.24, 2.45) is 0 Å². The van der Waals surface area contributed by atoms with Crippen molar-refractivity contribution in [2.75, 3.05) is 26.9 Å². The Kier molecular flexibility index (Phi) is 7.68. The van der Waals surface area contributed by atoms with Crippen LogP contribution in [0.1, 0.15) is 43.0 Å². The van der Waals surface area contributed by atoms with Gasteiger partial charge < -0.3 is 18.9 Å². The van der Waals surface area contributed by atoms with Gasteiger partial charge in [0.2, 0.25) is 0 Å². The molecule has 8 heteroatoms. The maximum Gasteiger partial charge on any atom is 0.361 e. The first-order valence-corrected chi connectivity index (χ1v) is 12.0. The zero-order valence-electron chi connectivity index (χ0n) is 18.2. The third kappa shape index (κ3) is 4.61. The zero-order chi connectivity index (χ0) is 22.5. The molecular weight excluding hydrogens is 417 g/mol. The van der Waals surface area contributed by atoms with Gasteiger partial charge in [-0.3, -0.25) is 9.88 Å². The number of benzene rings is 2. The molecule has 0 aliphatic heterocycles. The third-order valence-electron chi connectivity index (χ3n) is 5.57. The van der Waals surface area contributed by atoms with Crippen molar-refractivity contribution in [3.8, 4) is 0 Å². The van der Waals surface area contributed by atoms with Gasteiger partial charge in [-0.1, -0.05) is 36.4 Å². The van der Waals surface area contributed by atoms with Gasteiger partial charge in [0, 0.05) is 0 Å². The van der Waals surface area contributed by atoms with Crippen molar-refractivity contribution >= 4 is 18.9 Å². The van der Waals surface area contributed by atoms with Gasteiger partial charge in [0.25, 0.3) is 0 Å². The molecule has 2 N–H and O–H groups in total. The number of aryl methyl sites for hydroxylation is 1. The number of carbonyl (C=O) groups excluding carboxylic acids is 1. The van der Waals surface area contributed by atoms with Crippen LogP contribution in [0.2, 0.25) is 0 Å². The van der Waals surface area contributed by atoms with E-state index in [2.05, 4.69) is 5.32 Å². The Hall–Kier alpha value is -2.02. The predicted octanol–water partition coefficient (Wildman–Crippen LogP) is 3.22. The molecule has 2 aromatic rings. The van der Waals surface area contributed by atoms with Gasteiger partial charge in [-0.15, -0.1) is 0 Å². The first-order valence-electron chi connectivity index (χ1n) is 10.5. The van der Waals surface area contributed by atoms with E-state index < -0.39 is 25.1 Å². The lowest BCUT2D eigenvalue weighted by Gasteiger charge is -2.33. The largest absolute Gasteiger partial charge is 0.467 e. The number of aliphatic hydroxyl groups is 1. The molecule has 1 aliphatic rings. The minimum Gasteiger partial charge on any atom is -0.467 e. The normalized spacial score (nSPS) is 19.1. The minimum atomic E-state index is -3.43. The smallest absolute Gasteiger partial charge is 0.361 e. The number of nitrogens with one attached hydrogen (secondary N) is 1. The summed E-state index contributed by atoms with van der Waals surface area (Å²) in [6, 6.07) is 14.3. The Morgan fingerprint density at radius 3 is 2.42 bits per heavy atom. The lowest BCUT2D eigenvalue weighted by molar-refractivity contribution is -0.149. The van der Waals surface area contributed by atoms with Crippen LogP contribution >= 0.6 is 7.60 Å². The van der Waals surface area contributed by atoms with Crippen LogP contribution in [0.15, 0.2) is 48.5 Å². The summed E-state index contributed by atoms with van der Waals surface area (Å²) < 4.78 is 29.3. The molecule has 7 nitrogen and oxygen atoms in total. The minimum absolute atomic E-state index is 0.180. The van der Waals surface area contributed by atoms with E-state index in [1.54, 1.807) is 32.0 Å². The van der Waals surface area contributed by atoms with Gasteiger partial charge in [-0.2, -0.15) is 0 Å². The molecule has 0 fully saturated rings. The second kappa shape index (κ2) is 10.1. The molecule has 0 aromatic heterocycles. The molecule has 0 spiro atoms. The van der Waals surface area contributed by atoms with E-state index in [0.717, 1.165) is 16.7 Å². The van der Waals surface area contributed by atoms with Gasteiger partial charge in [0.15, 0.2) is 0 Å². The second-order valence-corrected chi connectivity index (χ2v) is 9.39. The van der Waals surface area contributed by atoms with E-state index in [1.807, 2.05) is 30.3 Å². The van der Waals surface area contributed by atoms with Crippen molar-refractivity contribution in [2.45, 2.75) is 38.3 Å². The number of carbonyl (C=O) groups is 1. The van der Waals surface area contributed by atoms with Crippen molar-refractivity contribution in [3.05, 3.63) is 65.2 Å². The predicted molar refractivity (Wildman–Crippen MR) is 118 cm³/mol. The van der Waals surface area contributed by atoms with Crippen LogP contribution in [0.25, 0.3) is 0 Å². The Morgan fingerprint density at radius 1 is 1.16 bits per heavy atom. The van der Waals surface area contributed by atoms with E-state index in [1.165, 1.54) is 7.11 Å². The number of fused-ring (bicyclic) bond motifs is 1. The number of esters is 1. The Labute approximate surface area is 183 Å². The van der Waals surface area contributed by atoms with Gasteiger partial charge >= 0.3 is 13.6 Å². The highest BCUT2D eigenvalue weighted by Crippen LogP contribution is 2.48. The fourth-order valence-corrected chi connectivity index (χ4v) is 5.79. The topological polar surface area (TPSA) is 94.1 Å². The highest BCUT2D eigenvalue weighted by molar-refractivity contribution is 7.62. The molecule has 0 unspecified atom stereocenters. The maximum absolute atomic E-state index is 13.2. The van der Waals surface area contributed by atoms with Crippen LogP contribution in [-0.4, -0.2) is 38.0 Å². The summed E-state index contributed by atoms with van der Waals surface area (Å²) in [6.45, 7) is 3.88. The summed E-state index contributed by atoms with van der Waals surface area (Å²) in [5.74, 6) is -0.425. The number of methoxy groups -OCH3 is 1. The Morgan fingerprint density at radius 2 is 1.84 bits per heavy atom. The Bertz CT molecular complexity index is 940. The van der Waals surface area contributed by atoms with Crippen LogP contribution < -0.4 is 10.6 Å². The summed E-state index contributed by atoms with van der Waals surface area (Å²) in [5.41, 5.74) is 1.37. The average molecular weight is 447 g/mol. The molecule has 3 rings (SSSR count). The molecule has 0 saturated heterocycles.